The summed E-state index contributed by atoms with van der Waals surface area (Å²) in [5, 5.41) is 11.8. The molecule has 0 spiro atoms. The highest BCUT2D eigenvalue weighted by Gasteiger charge is 2.13. The summed E-state index contributed by atoms with van der Waals surface area (Å²) < 4.78 is 0.823. The first-order valence-electron chi connectivity index (χ1n) is 6.30. The molecule has 0 aromatic heterocycles. The number of amides is 1. The van der Waals surface area contributed by atoms with Crippen LogP contribution in [0.2, 0.25) is 0 Å². The van der Waals surface area contributed by atoms with Gasteiger partial charge >= 0.3 is 5.97 Å². The fourth-order valence-corrected chi connectivity index (χ4v) is 2.67. The van der Waals surface area contributed by atoms with Gasteiger partial charge in [0.15, 0.2) is 0 Å². The quantitative estimate of drug-likeness (QED) is 0.881. The Morgan fingerprint density at radius 2 is 1.86 bits per heavy atom. The maximum atomic E-state index is 12.3. The zero-order valence-electron chi connectivity index (χ0n) is 11.6. The van der Waals surface area contributed by atoms with E-state index < -0.39 is 5.97 Å². The number of halogens is 1. The monoisotopic (exact) mass is 347 g/mol. The van der Waals surface area contributed by atoms with Crippen LogP contribution in [-0.2, 0) is 0 Å². The average Bonchev–Trinajstić information content (AvgIpc) is 2.39. The second-order valence-corrected chi connectivity index (χ2v) is 5.67. The number of carbonyl (C=O) groups excluding carboxylic acids is 1. The molecule has 2 rings (SSSR count). The lowest BCUT2D eigenvalue weighted by Gasteiger charge is -2.11. The van der Waals surface area contributed by atoms with Crippen molar-refractivity contribution in [3.63, 3.8) is 0 Å². The van der Waals surface area contributed by atoms with Crippen molar-refractivity contribution in [2.24, 2.45) is 0 Å². The van der Waals surface area contributed by atoms with E-state index in [4.69, 9.17) is 5.11 Å². The maximum absolute atomic E-state index is 12.3. The van der Waals surface area contributed by atoms with E-state index in [0.717, 1.165) is 10.0 Å². The first-order valence-corrected chi connectivity index (χ1v) is 7.09. The summed E-state index contributed by atoms with van der Waals surface area (Å²) >= 11 is 3.35. The highest BCUT2D eigenvalue weighted by molar-refractivity contribution is 9.10. The lowest BCUT2D eigenvalue weighted by molar-refractivity contribution is 0.0695. The fourth-order valence-electron chi connectivity index (χ4n) is 2.06. The van der Waals surface area contributed by atoms with Gasteiger partial charge in [0.1, 0.15) is 0 Å². The van der Waals surface area contributed by atoms with E-state index in [-0.39, 0.29) is 11.5 Å². The average molecular weight is 348 g/mol. The van der Waals surface area contributed by atoms with E-state index in [1.54, 1.807) is 31.2 Å². The molecule has 2 aromatic carbocycles. The SMILES string of the molecule is Cc1cc(Br)cc(C(=O)Nc2cccc(C(=O)O)c2C)c1. The minimum atomic E-state index is -1.01. The van der Waals surface area contributed by atoms with Crippen LogP contribution in [-0.4, -0.2) is 17.0 Å². The van der Waals surface area contributed by atoms with Crippen molar-refractivity contribution in [1.82, 2.24) is 0 Å². The van der Waals surface area contributed by atoms with Gasteiger partial charge in [0.2, 0.25) is 0 Å². The molecule has 0 bridgehead atoms. The molecule has 0 heterocycles. The van der Waals surface area contributed by atoms with E-state index in [1.807, 2.05) is 13.0 Å². The Balaban J connectivity index is 2.32. The molecule has 0 saturated heterocycles. The summed E-state index contributed by atoms with van der Waals surface area (Å²) in [5.74, 6) is -1.29. The third kappa shape index (κ3) is 3.49. The Kier molecular flexibility index (Phi) is 4.43. The van der Waals surface area contributed by atoms with Crippen molar-refractivity contribution in [2.45, 2.75) is 13.8 Å². The molecular weight excluding hydrogens is 334 g/mol. The molecule has 2 aromatic rings. The van der Waals surface area contributed by atoms with Crippen LogP contribution in [0.3, 0.4) is 0 Å². The molecule has 0 unspecified atom stereocenters. The largest absolute Gasteiger partial charge is 0.478 e. The molecule has 0 saturated carbocycles. The number of aromatic carboxylic acids is 1. The molecule has 5 heteroatoms. The lowest BCUT2D eigenvalue weighted by atomic mass is 10.1. The smallest absolute Gasteiger partial charge is 0.336 e. The molecule has 108 valence electrons. The van der Waals surface area contributed by atoms with Crippen LogP contribution < -0.4 is 5.32 Å². The number of carbonyl (C=O) groups is 2. The molecule has 0 aliphatic carbocycles. The normalized spacial score (nSPS) is 10.2. The standard InChI is InChI=1S/C16H14BrNO3/c1-9-6-11(8-12(17)7-9)15(19)18-14-5-3-4-13(10(14)2)16(20)21/h3-8H,1-2H3,(H,18,19)(H,20,21). The third-order valence-corrected chi connectivity index (χ3v) is 3.57. The van der Waals surface area contributed by atoms with Crippen molar-refractivity contribution in [2.75, 3.05) is 5.32 Å². The summed E-state index contributed by atoms with van der Waals surface area (Å²) in [6.45, 7) is 3.57. The van der Waals surface area contributed by atoms with Crippen molar-refractivity contribution in [3.05, 3.63) is 63.1 Å². The summed E-state index contributed by atoms with van der Waals surface area (Å²) in [6, 6.07) is 10.2. The summed E-state index contributed by atoms with van der Waals surface area (Å²) in [7, 11) is 0. The highest BCUT2D eigenvalue weighted by atomic mass is 79.9. The molecule has 1 amide bonds. The number of aryl methyl sites for hydroxylation is 1. The van der Waals surface area contributed by atoms with Crippen LogP contribution in [0, 0.1) is 13.8 Å². The van der Waals surface area contributed by atoms with E-state index >= 15 is 0 Å². The number of anilines is 1. The van der Waals surface area contributed by atoms with Crippen LogP contribution in [0.5, 0.6) is 0 Å². The number of benzene rings is 2. The van der Waals surface area contributed by atoms with Gasteiger partial charge in [-0.1, -0.05) is 22.0 Å². The Hall–Kier alpha value is -2.14. The van der Waals surface area contributed by atoms with Crippen LogP contribution >= 0.6 is 15.9 Å². The Bertz CT molecular complexity index is 705. The van der Waals surface area contributed by atoms with Crippen LogP contribution in [0.25, 0.3) is 0 Å². The van der Waals surface area contributed by atoms with Gasteiger partial charge in [-0.3, -0.25) is 4.79 Å². The van der Waals surface area contributed by atoms with E-state index in [1.165, 1.54) is 6.07 Å². The van der Waals surface area contributed by atoms with Crippen LogP contribution in [0.15, 0.2) is 40.9 Å². The second kappa shape index (κ2) is 6.10. The Morgan fingerprint density at radius 3 is 2.48 bits per heavy atom. The van der Waals surface area contributed by atoms with Crippen molar-refractivity contribution in [1.29, 1.82) is 0 Å². The van der Waals surface area contributed by atoms with Crippen LogP contribution in [0.4, 0.5) is 5.69 Å². The number of carboxylic acids is 1. The lowest BCUT2D eigenvalue weighted by Crippen LogP contribution is -2.14. The Morgan fingerprint density at radius 1 is 1.14 bits per heavy atom. The number of nitrogens with one attached hydrogen (secondary N) is 1. The molecule has 4 nitrogen and oxygen atoms in total. The molecule has 0 aliphatic rings. The minimum Gasteiger partial charge on any atom is -0.478 e. The van der Waals surface area contributed by atoms with E-state index in [9.17, 15) is 9.59 Å². The zero-order valence-corrected chi connectivity index (χ0v) is 13.2. The predicted octanol–water partition coefficient (Wildman–Crippen LogP) is 4.02. The first kappa shape index (κ1) is 15.3. The van der Waals surface area contributed by atoms with Gasteiger partial charge in [0, 0.05) is 15.7 Å². The topological polar surface area (TPSA) is 66.4 Å². The summed E-state index contributed by atoms with van der Waals surface area (Å²) in [6.07, 6.45) is 0. The maximum Gasteiger partial charge on any atom is 0.336 e. The highest BCUT2D eigenvalue weighted by Crippen LogP contribution is 2.21. The molecule has 0 atom stereocenters. The molecule has 0 radical (unpaired) electrons. The fraction of sp³-hybridized carbons (Fsp3) is 0.125. The number of rotatable bonds is 3. The molecular formula is C16H14BrNO3. The first-order chi connectivity index (χ1) is 9.88. The van der Waals surface area contributed by atoms with Gasteiger partial charge in [0.05, 0.1) is 5.56 Å². The second-order valence-electron chi connectivity index (χ2n) is 4.75. The van der Waals surface area contributed by atoms with Gasteiger partial charge in [-0.05, 0) is 55.3 Å². The molecule has 0 fully saturated rings. The van der Waals surface area contributed by atoms with Crippen molar-refractivity contribution < 1.29 is 14.7 Å². The zero-order chi connectivity index (χ0) is 15.6. The van der Waals surface area contributed by atoms with Crippen molar-refractivity contribution in [3.8, 4) is 0 Å². The van der Waals surface area contributed by atoms with E-state index in [2.05, 4.69) is 21.2 Å². The summed E-state index contributed by atoms with van der Waals surface area (Å²) in [5.41, 5.74) is 2.69. The minimum absolute atomic E-state index is 0.179. The van der Waals surface area contributed by atoms with Gasteiger partial charge in [-0.25, -0.2) is 4.79 Å². The van der Waals surface area contributed by atoms with Gasteiger partial charge in [-0.15, -0.1) is 0 Å². The summed E-state index contributed by atoms with van der Waals surface area (Å²) in [4.78, 5) is 23.4. The number of hydrogen-bond donors (Lipinski definition) is 2. The van der Waals surface area contributed by atoms with E-state index in [0.29, 0.717) is 16.8 Å². The molecule has 21 heavy (non-hydrogen) atoms. The van der Waals surface area contributed by atoms with Crippen molar-refractivity contribution >= 4 is 33.5 Å². The number of carboxylic acid groups (broad SMARTS) is 1. The Labute approximate surface area is 130 Å². The third-order valence-electron chi connectivity index (χ3n) is 3.12. The molecule has 2 N–H and O–H groups in total. The van der Waals surface area contributed by atoms with Crippen LogP contribution in [0.1, 0.15) is 31.8 Å². The van der Waals surface area contributed by atoms with Gasteiger partial charge < -0.3 is 10.4 Å². The molecule has 0 aliphatic heterocycles. The van der Waals surface area contributed by atoms with Gasteiger partial charge in [-0.2, -0.15) is 0 Å². The predicted molar refractivity (Wildman–Crippen MR) is 85.0 cm³/mol. The number of hydrogen-bond acceptors (Lipinski definition) is 2. The van der Waals surface area contributed by atoms with Gasteiger partial charge in [0.25, 0.3) is 5.91 Å².